The molecule has 3 aromatic carbocycles. The van der Waals surface area contributed by atoms with E-state index in [-0.39, 0.29) is 17.9 Å². The molecule has 1 unspecified atom stereocenters. The summed E-state index contributed by atoms with van der Waals surface area (Å²) in [5.41, 5.74) is 5.10. The summed E-state index contributed by atoms with van der Waals surface area (Å²) in [5.74, 6) is -0.540. The zero-order valence-corrected chi connectivity index (χ0v) is 19.5. The average molecular weight is 461 g/mol. The quantitative estimate of drug-likeness (QED) is 0.363. The summed E-state index contributed by atoms with van der Waals surface area (Å²) in [7, 11) is 1.35. The molecular weight excluding hydrogens is 436 g/mol. The van der Waals surface area contributed by atoms with Crippen molar-refractivity contribution in [3.05, 3.63) is 106 Å². The highest BCUT2D eigenvalue weighted by atomic mass is 35.5. The van der Waals surface area contributed by atoms with Gasteiger partial charge in [-0.2, -0.15) is 0 Å². The van der Waals surface area contributed by atoms with E-state index >= 15 is 0 Å². The second-order valence-electron chi connectivity index (χ2n) is 8.08. The molecule has 168 valence electrons. The number of hydrogen-bond donors (Lipinski definition) is 1. The third-order valence-electron chi connectivity index (χ3n) is 5.79. The summed E-state index contributed by atoms with van der Waals surface area (Å²) in [4.78, 5) is 25.0. The van der Waals surface area contributed by atoms with E-state index in [1.165, 1.54) is 7.11 Å². The van der Waals surface area contributed by atoms with Gasteiger partial charge in [-0.15, -0.1) is 0 Å². The van der Waals surface area contributed by atoms with Gasteiger partial charge in [-0.05, 0) is 60.9 Å². The maximum absolute atomic E-state index is 13.3. The molecule has 1 amide bonds. The van der Waals surface area contributed by atoms with Gasteiger partial charge in [0.15, 0.2) is 0 Å². The smallest absolute Gasteiger partial charge is 0.337 e. The lowest BCUT2D eigenvalue weighted by molar-refractivity contribution is 0.0600. The number of methoxy groups -OCH3 is 1. The summed E-state index contributed by atoms with van der Waals surface area (Å²) in [6.07, 6.45) is 2.07. The number of aromatic nitrogens is 1. The Bertz CT molecular complexity index is 1310. The van der Waals surface area contributed by atoms with Crippen LogP contribution in [0.3, 0.4) is 0 Å². The van der Waals surface area contributed by atoms with Crippen molar-refractivity contribution in [3.63, 3.8) is 0 Å². The first-order valence-electron chi connectivity index (χ1n) is 10.7. The molecule has 4 rings (SSSR count). The van der Waals surface area contributed by atoms with Crippen molar-refractivity contribution in [2.45, 2.75) is 26.4 Å². The number of ether oxygens (including phenoxy) is 1. The van der Waals surface area contributed by atoms with Crippen LogP contribution >= 0.6 is 11.6 Å². The largest absolute Gasteiger partial charge is 0.465 e. The Kier molecular flexibility index (Phi) is 6.52. The Balaban J connectivity index is 1.61. The topological polar surface area (TPSA) is 60.3 Å². The number of rotatable bonds is 6. The fraction of sp³-hybridized carbons (Fsp3) is 0.185. The lowest BCUT2D eigenvalue weighted by Crippen LogP contribution is -2.27. The van der Waals surface area contributed by atoms with Crippen LogP contribution in [0.25, 0.3) is 10.9 Å². The molecule has 0 fully saturated rings. The third-order valence-corrected chi connectivity index (χ3v) is 6.04. The number of aryl methyl sites for hydroxylation is 1. The SMILES string of the molecule is COC(=O)c1ccc(C(C)NC(=O)c2cccc3c(C)cn(Cc4ccc(Cl)cc4)c23)cc1. The van der Waals surface area contributed by atoms with Crippen LogP contribution in [0.2, 0.25) is 5.02 Å². The van der Waals surface area contributed by atoms with Crippen LogP contribution < -0.4 is 5.32 Å². The lowest BCUT2D eigenvalue weighted by atomic mass is 10.0. The molecule has 0 radical (unpaired) electrons. The Hall–Kier alpha value is -3.57. The van der Waals surface area contributed by atoms with E-state index in [1.54, 1.807) is 12.1 Å². The fourth-order valence-electron chi connectivity index (χ4n) is 4.02. The molecular formula is C27H25ClN2O3. The van der Waals surface area contributed by atoms with Crippen molar-refractivity contribution in [3.8, 4) is 0 Å². The minimum atomic E-state index is -0.387. The number of amides is 1. The number of nitrogens with one attached hydrogen (secondary N) is 1. The summed E-state index contributed by atoms with van der Waals surface area (Å²) in [5, 5.41) is 4.83. The first-order valence-corrected chi connectivity index (χ1v) is 11.1. The summed E-state index contributed by atoms with van der Waals surface area (Å²) in [6.45, 7) is 4.60. The van der Waals surface area contributed by atoms with Crippen molar-refractivity contribution in [1.29, 1.82) is 0 Å². The molecule has 0 aliphatic carbocycles. The molecule has 1 N–H and O–H groups in total. The Morgan fingerprint density at radius 3 is 2.39 bits per heavy atom. The average Bonchev–Trinajstić information content (AvgIpc) is 3.15. The third kappa shape index (κ3) is 4.78. The number of hydrogen-bond acceptors (Lipinski definition) is 3. The van der Waals surface area contributed by atoms with Crippen LogP contribution in [0.5, 0.6) is 0 Å². The van der Waals surface area contributed by atoms with Gasteiger partial charge >= 0.3 is 5.97 Å². The van der Waals surface area contributed by atoms with E-state index in [4.69, 9.17) is 16.3 Å². The number of carbonyl (C=O) groups is 2. The predicted molar refractivity (Wildman–Crippen MR) is 131 cm³/mol. The number of fused-ring (bicyclic) bond motifs is 1. The van der Waals surface area contributed by atoms with E-state index in [0.717, 1.165) is 27.6 Å². The summed E-state index contributed by atoms with van der Waals surface area (Å²) in [6, 6.07) is 20.3. The molecule has 0 aliphatic rings. The Morgan fingerprint density at radius 1 is 1.03 bits per heavy atom. The number of esters is 1. The van der Waals surface area contributed by atoms with Crippen LogP contribution in [-0.4, -0.2) is 23.6 Å². The Labute approximate surface area is 197 Å². The minimum Gasteiger partial charge on any atom is -0.465 e. The van der Waals surface area contributed by atoms with Crippen molar-refractivity contribution in [1.82, 2.24) is 9.88 Å². The van der Waals surface area contributed by atoms with Crippen molar-refractivity contribution >= 4 is 34.4 Å². The van der Waals surface area contributed by atoms with Gasteiger partial charge in [0.2, 0.25) is 0 Å². The maximum Gasteiger partial charge on any atom is 0.337 e. The van der Waals surface area contributed by atoms with Crippen LogP contribution in [0.4, 0.5) is 0 Å². The van der Waals surface area contributed by atoms with Crippen molar-refractivity contribution in [2.24, 2.45) is 0 Å². The fourth-order valence-corrected chi connectivity index (χ4v) is 4.14. The van der Waals surface area contributed by atoms with Crippen molar-refractivity contribution < 1.29 is 14.3 Å². The normalized spacial score (nSPS) is 11.9. The standard InChI is InChI=1S/C27H25ClN2O3/c1-17-15-30(16-19-7-13-22(28)14-8-19)25-23(17)5-4-6-24(25)26(31)29-18(2)20-9-11-21(12-10-20)27(32)33-3/h4-15,18H,16H2,1-3H3,(H,29,31). The molecule has 1 heterocycles. The lowest BCUT2D eigenvalue weighted by Gasteiger charge is -2.16. The molecule has 6 heteroatoms. The molecule has 1 atom stereocenters. The molecule has 33 heavy (non-hydrogen) atoms. The molecule has 4 aromatic rings. The van der Waals surface area contributed by atoms with Gasteiger partial charge in [0.25, 0.3) is 5.91 Å². The van der Waals surface area contributed by atoms with Gasteiger partial charge in [-0.25, -0.2) is 4.79 Å². The van der Waals surface area contributed by atoms with E-state index in [9.17, 15) is 9.59 Å². The highest BCUT2D eigenvalue weighted by Gasteiger charge is 2.18. The van der Waals surface area contributed by atoms with Gasteiger partial charge in [-0.3, -0.25) is 4.79 Å². The number of para-hydroxylation sites is 1. The Morgan fingerprint density at radius 2 is 1.73 bits per heavy atom. The molecule has 0 bridgehead atoms. The van der Waals surface area contributed by atoms with Crippen LogP contribution in [-0.2, 0) is 11.3 Å². The first kappa shape index (κ1) is 22.6. The molecule has 1 aromatic heterocycles. The summed E-state index contributed by atoms with van der Waals surface area (Å²) < 4.78 is 6.85. The van der Waals surface area contributed by atoms with Crippen LogP contribution in [0.1, 0.15) is 50.4 Å². The number of carbonyl (C=O) groups excluding carboxylic acids is 2. The van der Waals surface area contributed by atoms with Crippen LogP contribution in [0, 0.1) is 6.92 Å². The molecule has 0 saturated carbocycles. The van der Waals surface area contributed by atoms with E-state index in [0.29, 0.717) is 22.7 Å². The second-order valence-corrected chi connectivity index (χ2v) is 8.51. The number of nitrogens with zero attached hydrogens (tertiary/aromatic N) is 1. The van der Waals surface area contributed by atoms with E-state index < -0.39 is 0 Å². The number of benzene rings is 3. The van der Waals surface area contributed by atoms with E-state index in [1.807, 2.05) is 68.4 Å². The zero-order chi connectivity index (χ0) is 23.5. The second kappa shape index (κ2) is 9.51. The molecule has 0 aliphatic heterocycles. The first-order chi connectivity index (χ1) is 15.9. The van der Waals surface area contributed by atoms with Crippen molar-refractivity contribution in [2.75, 3.05) is 7.11 Å². The molecule has 0 saturated heterocycles. The van der Waals surface area contributed by atoms with Gasteiger partial charge < -0.3 is 14.6 Å². The predicted octanol–water partition coefficient (Wildman–Crippen LogP) is 5.93. The number of halogens is 1. The zero-order valence-electron chi connectivity index (χ0n) is 18.8. The highest BCUT2D eigenvalue weighted by Crippen LogP contribution is 2.26. The highest BCUT2D eigenvalue weighted by molar-refractivity contribution is 6.30. The summed E-state index contributed by atoms with van der Waals surface area (Å²) >= 11 is 6.03. The van der Waals surface area contributed by atoms with Gasteiger partial charge in [-0.1, -0.05) is 48.0 Å². The maximum atomic E-state index is 13.3. The van der Waals surface area contributed by atoms with Crippen LogP contribution in [0.15, 0.2) is 72.9 Å². The minimum absolute atomic E-state index is 0.152. The monoisotopic (exact) mass is 460 g/mol. The molecule has 0 spiro atoms. The van der Waals surface area contributed by atoms with Gasteiger partial charge in [0, 0.05) is 23.2 Å². The van der Waals surface area contributed by atoms with Gasteiger partial charge in [0.05, 0.1) is 29.8 Å². The molecule has 5 nitrogen and oxygen atoms in total. The van der Waals surface area contributed by atoms with E-state index in [2.05, 4.69) is 16.1 Å². The van der Waals surface area contributed by atoms with Gasteiger partial charge in [0.1, 0.15) is 0 Å².